The first-order valence-corrected chi connectivity index (χ1v) is 8.08. The molecule has 0 saturated carbocycles. The van der Waals surface area contributed by atoms with E-state index in [1.54, 1.807) is 20.8 Å². The molecule has 2 aromatic carbocycles. The summed E-state index contributed by atoms with van der Waals surface area (Å²) in [5.74, 6) is 0.516. The van der Waals surface area contributed by atoms with Crippen LogP contribution in [0.1, 0.15) is 26.3 Å². The summed E-state index contributed by atoms with van der Waals surface area (Å²) in [6.07, 6.45) is 1.45. The normalized spacial score (nSPS) is 11.5. The number of allylic oxidation sites excluding steroid dienone is 1. The van der Waals surface area contributed by atoms with E-state index >= 15 is 0 Å². The van der Waals surface area contributed by atoms with Crippen molar-refractivity contribution in [3.63, 3.8) is 0 Å². The highest BCUT2D eigenvalue weighted by Crippen LogP contribution is 2.21. The second-order valence-electron chi connectivity index (χ2n) is 6.70. The van der Waals surface area contributed by atoms with E-state index in [2.05, 4.69) is 5.32 Å². The van der Waals surface area contributed by atoms with E-state index in [-0.39, 0.29) is 11.4 Å². The minimum Gasteiger partial charge on any atom is -0.489 e. The first-order valence-electron chi connectivity index (χ1n) is 8.08. The van der Waals surface area contributed by atoms with Crippen LogP contribution in [0, 0.1) is 16.7 Å². The molecule has 0 fully saturated rings. The van der Waals surface area contributed by atoms with Crippen LogP contribution >= 0.6 is 0 Å². The van der Waals surface area contributed by atoms with Gasteiger partial charge >= 0.3 is 0 Å². The number of hydrogen-bond acceptors (Lipinski definition) is 4. The van der Waals surface area contributed by atoms with Gasteiger partial charge in [-0.3, -0.25) is 4.79 Å². The molecule has 4 nitrogen and oxygen atoms in total. The fraction of sp³-hybridized carbons (Fsp3) is 0.238. The minimum absolute atomic E-state index is 0.100. The van der Waals surface area contributed by atoms with E-state index < -0.39 is 5.41 Å². The summed E-state index contributed by atoms with van der Waals surface area (Å²) in [5, 5.41) is 12.2. The van der Waals surface area contributed by atoms with Gasteiger partial charge in [-0.15, -0.1) is 0 Å². The van der Waals surface area contributed by atoms with Gasteiger partial charge in [0.1, 0.15) is 24.0 Å². The Morgan fingerprint density at radius 2 is 1.88 bits per heavy atom. The quantitative estimate of drug-likeness (QED) is 0.614. The van der Waals surface area contributed by atoms with Crippen LogP contribution in [-0.4, -0.2) is 5.78 Å². The topological polar surface area (TPSA) is 62.1 Å². The number of hydrogen-bond donors (Lipinski definition) is 1. The summed E-state index contributed by atoms with van der Waals surface area (Å²) in [5.41, 5.74) is 1.34. The molecule has 1 N–H and O–H groups in total. The molecule has 0 aliphatic rings. The molecule has 0 heterocycles. The standard InChI is InChI=1S/C21H22N2O2/c1-21(2,3)20(24)17(13-22)14-23-18-10-7-11-19(12-18)25-15-16-8-5-4-6-9-16/h4-12,14,23H,15H2,1-3H3/b17-14+. The second-order valence-corrected chi connectivity index (χ2v) is 6.70. The monoisotopic (exact) mass is 334 g/mol. The number of rotatable bonds is 6. The van der Waals surface area contributed by atoms with Gasteiger partial charge in [0.15, 0.2) is 5.78 Å². The van der Waals surface area contributed by atoms with Crippen LogP contribution in [0.15, 0.2) is 66.4 Å². The van der Waals surface area contributed by atoms with Crippen LogP contribution in [0.3, 0.4) is 0 Å². The van der Waals surface area contributed by atoms with Crippen molar-refractivity contribution in [2.24, 2.45) is 5.41 Å². The molecule has 0 saturated heterocycles. The number of benzene rings is 2. The zero-order valence-corrected chi connectivity index (χ0v) is 14.7. The van der Waals surface area contributed by atoms with Crippen molar-refractivity contribution in [2.75, 3.05) is 5.32 Å². The van der Waals surface area contributed by atoms with Crippen molar-refractivity contribution >= 4 is 11.5 Å². The molecule has 0 bridgehead atoms. The Labute approximate surface area is 148 Å². The lowest BCUT2D eigenvalue weighted by Crippen LogP contribution is -2.22. The predicted octanol–water partition coefficient (Wildman–Crippen LogP) is 4.70. The van der Waals surface area contributed by atoms with Gasteiger partial charge in [0.25, 0.3) is 0 Å². The van der Waals surface area contributed by atoms with Gasteiger partial charge in [-0.05, 0) is 17.7 Å². The Morgan fingerprint density at radius 1 is 1.16 bits per heavy atom. The molecule has 0 aliphatic heterocycles. The maximum Gasteiger partial charge on any atom is 0.180 e. The molecule has 0 aromatic heterocycles. The highest BCUT2D eigenvalue weighted by Gasteiger charge is 2.24. The average Bonchev–Trinajstić information content (AvgIpc) is 2.61. The maximum atomic E-state index is 12.2. The zero-order chi connectivity index (χ0) is 18.3. The highest BCUT2D eigenvalue weighted by molar-refractivity contribution is 6.02. The highest BCUT2D eigenvalue weighted by atomic mass is 16.5. The number of nitrogens with one attached hydrogen (secondary N) is 1. The number of carbonyl (C=O) groups is 1. The zero-order valence-electron chi connectivity index (χ0n) is 14.7. The predicted molar refractivity (Wildman–Crippen MR) is 99.0 cm³/mol. The van der Waals surface area contributed by atoms with Crippen molar-refractivity contribution in [3.8, 4) is 11.8 Å². The van der Waals surface area contributed by atoms with Crippen LogP contribution in [0.4, 0.5) is 5.69 Å². The van der Waals surface area contributed by atoms with Gasteiger partial charge in [-0.1, -0.05) is 57.2 Å². The van der Waals surface area contributed by atoms with Gasteiger partial charge in [0.2, 0.25) is 0 Å². The molecule has 0 spiro atoms. The number of nitriles is 1. The lowest BCUT2D eigenvalue weighted by molar-refractivity contribution is -0.122. The van der Waals surface area contributed by atoms with E-state index in [0.717, 1.165) is 11.3 Å². The molecule has 2 aromatic rings. The number of ketones is 1. The number of anilines is 1. The van der Waals surface area contributed by atoms with Crippen LogP contribution in [-0.2, 0) is 11.4 Å². The minimum atomic E-state index is -0.593. The molecular weight excluding hydrogens is 312 g/mol. The first kappa shape index (κ1) is 18.3. The summed E-state index contributed by atoms with van der Waals surface area (Å²) in [4.78, 5) is 12.2. The van der Waals surface area contributed by atoms with Crippen LogP contribution in [0.25, 0.3) is 0 Å². The lowest BCUT2D eigenvalue weighted by Gasteiger charge is -2.15. The van der Waals surface area contributed by atoms with E-state index in [4.69, 9.17) is 4.74 Å². The van der Waals surface area contributed by atoms with E-state index in [1.807, 2.05) is 60.7 Å². The van der Waals surface area contributed by atoms with Gasteiger partial charge in [0, 0.05) is 23.4 Å². The van der Waals surface area contributed by atoms with Gasteiger partial charge in [-0.25, -0.2) is 0 Å². The number of nitrogens with zero attached hydrogens (tertiary/aromatic N) is 1. The Balaban J connectivity index is 2.05. The summed E-state index contributed by atoms with van der Waals surface area (Å²) < 4.78 is 5.77. The Bertz CT molecular complexity index is 797. The molecular formula is C21H22N2O2. The molecule has 0 amide bonds. The lowest BCUT2D eigenvalue weighted by atomic mass is 9.87. The van der Waals surface area contributed by atoms with Gasteiger partial charge < -0.3 is 10.1 Å². The molecule has 128 valence electrons. The van der Waals surface area contributed by atoms with Crippen LogP contribution in [0.2, 0.25) is 0 Å². The molecule has 0 radical (unpaired) electrons. The van der Waals surface area contributed by atoms with Gasteiger partial charge in [0.05, 0.1) is 0 Å². The molecule has 0 atom stereocenters. The number of Topliss-reactive ketones (excluding diaryl/α,β-unsaturated/α-hetero) is 1. The molecule has 0 aliphatic carbocycles. The van der Waals surface area contributed by atoms with Crippen LogP contribution < -0.4 is 10.1 Å². The van der Waals surface area contributed by atoms with Crippen molar-refractivity contribution < 1.29 is 9.53 Å². The fourth-order valence-corrected chi connectivity index (χ4v) is 2.12. The Hall–Kier alpha value is -3.06. The van der Waals surface area contributed by atoms with Crippen LogP contribution in [0.5, 0.6) is 5.75 Å². The Kier molecular flexibility index (Phi) is 5.97. The number of ether oxygens (including phenoxy) is 1. The van der Waals surface area contributed by atoms with Crippen molar-refractivity contribution in [1.82, 2.24) is 0 Å². The SMILES string of the molecule is CC(C)(C)C(=O)/C(C#N)=C/Nc1cccc(OCc2ccccc2)c1. The smallest absolute Gasteiger partial charge is 0.180 e. The van der Waals surface area contributed by atoms with Crippen molar-refractivity contribution in [1.29, 1.82) is 5.26 Å². The third kappa shape index (κ3) is 5.50. The molecule has 2 rings (SSSR count). The Morgan fingerprint density at radius 3 is 2.52 bits per heavy atom. The summed E-state index contributed by atoms with van der Waals surface area (Å²) in [6, 6.07) is 19.3. The maximum absolute atomic E-state index is 12.2. The third-order valence-corrected chi connectivity index (χ3v) is 3.51. The van der Waals surface area contributed by atoms with Gasteiger partial charge in [-0.2, -0.15) is 5.26 Å². The molecule has 25 heavy (non-hydrogen) atoms. The molecule has 4 heteroatoms. The second kappa shape index (κ2) is 8.16. The fourth-order valence-electron chi connectivity index (χ4n) is 2.12. The first-order chi connectivity index (χ1) is 11.9. The summed E-state index contributed by atoms with van der Waals surface area (Å²) in [7, 11) is 0. The van der Waals surface area contributed by atoms with E-state index in [0.29, 0.717) is 12.4 Å². The summed E-state index contributed by atoms with van der Waals surface area (Å²) >= 11 is 0. The summed E-state index contributed by atoms with van der Waals surface area (Å²) in [6.45, 7) is 5.85. The van der Waals surface area contributed by atoms with E-state index in [9.17, 15) is 10.1 Å². The average molecular weight is 334 g/mol. The largest absolute Gasteiger partial charge is 0.489 e. The third-order valence-electron chi connectivity index (χ3n) is 3.51. The number of carbonyl (C=O) groups excluding carboxylic acids is 1. The molecule has 0 unspecified atom stereocenters. The van der Waals surface area contributed by atoms with E-state index in [1.165, 1.54) is 6.20 Å². The van der Waals surface area contributed by atoms with Crippen molar-refractivity contribution in [3.05, 3.63) is 71.9 Å². The van der Waals surface area contributed by atoms with Crippen molar-refractivity contribution in [2.45, 2.75) is 27.4 Å².